The first-order valence-electron chi connectivity index (χ1n) is 11.4. The van der Waals surface area contributed by atoms with Crippen LogP contribution < -0.4 is 9.80 Å². The van der Waals surface area contributed by atoms with Crippen molar-refractivity contribution in [3.63, 3.8) is 0 Å². The van der Waals surface area contributed by atoms with Gasteiger partial charge >= 0.3 is 0 Å². The van der Waals surface area contributed by atoms with Crippen molar-refractivity contribution in [2.75, 3.05) is 35.4 Å². The molecule has 2 saturated carbocycles. The molecule has 0 amide bonds. The Balaban J connectivity index is 1.14. The summed E-state index contributed by atoms with van der Waals surface area (Å²) in [7, 11) is -1.13. The Bertz CT molecular complexity index is 1040. The van der Waals surface area contributed by atoms with Gasteiger partial charge in [0.25, 0.3) is 0 Å². The molecule has 8 nitrogen and oxygen atoms in total. The molecule has 6 rings (SSSR count). The molecule has 2 aliphatic carbocycles. The molecule has 1 N–H and O–H groups in total. The van der Waals surface area contributed by atoms with Crippen LogP contribution in [0.25, 0.3) is 0 Å². The van der Waals surface area contributed by atoms with Crippen LogP contribution in [0.3, 0.4) is 0 Å². The predicted molar refractivity (Wildman–Crippen MR) is 122 cm³/mol. The van der Waals surface area contributed by atoms with Gasteiger partial charge in [0, 0.05) is 36.8 Å². The van der Waals surface area contributed by atoms with E-state index in [2.05, 4.69) is 24.8 Å². The monoisotopic (exact) mass is 474 g/mol. The molecule has 2 aliphatic heterocycles. The van der Waals surface area contributed by atoms with Crippen molar-refractivity contribution in [1.29, 1.82) is 0 Å². The molecular formula is C22H27ClN6O2S. The highest BCUT2D eigenvalue weighted by molar-refractivity contribution is 7.85. The van der Waals surface area contributed by atoms with Crippen molar-refractivity contribution in [3.05, 3.63) is 29.4 Å². The van der Waals surface area contributed by atoms with Crippen molar-refractivity contribution >= 4 is 34.2 Å². The molecule has 10 heteroatoms. The number of nitrogens with zero attached hydrogens (tertiary/aromatic N) is 6. The van der Waals surface area contributed by atoms with E-state index in [-0.39, 0.29) is 12.1 Å². The molecule has 0 radical (unpaired) electrons. The van der Waals surface area contributed by atoms with Crippen LogP contribution in [0.4, 0.5) is 11.8 Å². The number of hydrogen-bond donors (Lipinski definition) is 1. The Hall–Kier alpha value is -1.84. The van der Waals surface area contributed by atoms with Crippen LogP contribution in [-0.2, 0) is 10.8 Å². The highest BCUT2D eigenvalue weighted by atomic mass is 35.5. The minimum Gasteiger partial charge on any atom is -0.394 e. The van der Waals surface area contributed by atoms with Gasteiger partial charge in [0.1, 0.15) is 16.6 Å². The molecule has 1 saturated heterocycles. The molecule has 4 aliphatic rings. The molecule has 4 heterocycles. The third-order valence-corrected chi connectivity index (χ3v) is 9.48. The van der Waals surface area contributed by atoms with Gasteiger partial charge in [-0.2, -0.15) is 4.98 Å². The average Bonchev–Trinajstić information content (AvgIpc) is 3.09. The highest BCUT2D eigenvalue weighted by Gasteiger charge is 2.49. The van der Waals surface area contributed by atoms with Gasteiger partial charge in [0.2, 0.25) is 5.95 Å². The lowest BCUT2D eigenvalue weighted by Crippen LogP contribution is -2.58. The van der Waals surface area contributed by atoms with Crippen LogP contribution in [0.1, 0.15) is 56.7 Å². The number of aliphatic hydroxyl groups excluding tert-OH is 1. The van der Waals surface area contributed by atoms with Crippen molar-refractivity contribution in [2.24, 2.45) is 5.41 Å². The second kappa shape index (κ2) is 7.60. The predicted octanol–water partition coefficient (Wildman–Crippen LogP) is 2.88. The first-order valence-corrected chi connectivity index (χ1v) is 13.1. The van der Waals surface area contributed by atoms with Crippen molar-refractivity contribution in [2.45, 2.75) is 61.3 Å². The van der Waals surface area contributed by atoms with E-state index in [1.54, 1.807) is 18.6 Å². The van der Waals surface area contributed by atoms with Crippen molar-refractivity contribution in [1.82, 2.24) is 19.9 Å². The molecule has 0 bridgehead atoms. The normalized spacial score (nSPS) is 26.0. The first kappa shape index (κ1) is 20.7. The summed E-state index contributed by atoms with van der Waals surface area (Å²) in [6, 6.07) is 0. The molecule has 1 spiro atoms. The fourth-order valence-electron chi connectivity index (χ4n) is 5.81. The SMILES string of the molecule is O=S1CN(C2(CO)CCC2)c2nc(N3CC4(CCC(c5ncc(Cl)cn5)CC4)C3)ncc21. The number of aromatic nitrogens is 4. The van der Waals surface area contributed by atoms with E-state index in [1.807, 2.05) is 0 Å². The zero-order valence-electron chi connectivity index (χ0n) is 17.9. The van der Waals surface area contributed by atoms with E-state index in [0.29, 0.717) is 33.1 Å². The topological polar surface area (TPSA) is 95.3 Å². The summed E-state index contributed by atoms with van der Waals surface area (Å²) in [6.45, 7) is 1.98. The van der Waals surface area contributed by atoms with Crippen LogP contribution in [-0.4, -0.2) is 60.4 Å². The smallest absolute Gasteiger partial charge is 0.227 e. The highest BCUT2D eigenvalue weighted by Crippen LogP contribution is 2.49. The van der Waals surface area contributed by atoms with Gasteiger partial charge in [-0.25, -0.2) is 15.0 Å². The summed E-state index contributed by atoms with van der Waals surface area (Å²) in [4.78, 5) is 23.3. The lowest BCUT2D eigenvalue weighted by atomic mass is 9.66. The zero-order chi connectivity index (χ0) is 21.9. The largest absolute Gasteiger partial charge is 0.394 e. The van der Waals surface area contributed by atoms with E-state index in [0.717, 1.165) is 69.7 Å². The van der Waals surface area contributed by atoms with Crippen LogP contribution in [0.15, 0.2) is 23.5 Å². The van der Waals surface area contributed by atoms with E-state index >= 15 is 0 Å². The van der Waals surface area contributed by atoms with Crippen LogP contribution in [0.5, 0.6) is 0 Å². The third-order valence-electron chi connectivity index (χ3n) is 8.01. The van der Waals surface area contributed by atoms with Crippen LogP contribution >= 0.6 is 11.6 Å². The average molecular weight is 475 g/mol. The summed E-state index contributed by atoms with van der Waals surface area (Å²) in [5, 5.41) is 10.6. The number of hydrogen-bond acceptors (Lipinski definition) is 8. The fraction of sp³-hybridized carbons (Fsp3) is 0.636. The number of halogens is 1. The Kier molecular flexibility index (Phi) is 4.93. The lowest BCUT2D eigenvalue weighted by molar-refractivity contribution is 0.118. The summed E-state index contributed by atoms with van der Waals surface area (Å²) < 4.78 is 12.6. The Labute approximate surface area is 194 Å². The number of anilines is 2. The first-order chi connectivity index (χ1) is 15.5. The zero-order valence-corrected chi connectivity index (χ0v) is 19.5. The Morgan fingerprint density at radius 1 is 1.09 bits per heavy atom. The van der Waals surface area contributed by atoms with Gasteiger partial charge in [-0.05, 0) is 44.9 Å². The van der Waals surface area contributed by atoms with Gasteiger partial charge in [0.05, 0.1) is 34.2 Å². The molecule has 0 aromatic carbocycles. The minimum absolute atomic E-state index is 0.0777. The van der Waals surface area contributed by atoms with Gasteiger partial charge in [-0.1, -0.05) is 11.6 Å². The minimum atomic E-state index is -1.13. The fourth-order valence-corrected chi connectivity index (χ4v) is 7.21. The Morgan fingerprint density at radius 2 is 1.81 bits per heavy atom. The number of fused-ring (bicyclic) bond motifs is 1. The maximum Gasteiger partial charge on any atom is 0.227 e. The van der Waals surface area contributed by atoms with Crippen molar-refractivity contribution in [3.8, 4) is 0 Å². The van der Waals surface area contributed by atoms with Crippen LogP contribution in [0, 0.1) is 5.41 Å². The summed E-state index contributed by atoms with van der Waals surface area (Å²) in [6.07, 6.45) is 12.5. The van der Waals surface area contributed by atoms with E-state index in [9.17, 15) is 9.32 Å². The third kappa shape index (κ3) is 3.23. The van der Waals surface area contributed by atoms with Gasteiger partial charge in [0.15, 0.2) is 5.82 Å². The van der Waals surface area contributed by atoms with Gasteiger partial charge in [-0.15, -0.1) is 0 Å². The van der Waals surface area contributed by atoms with Gasteiger partial charge in [-0.3, -0.25) is 4.21 Å². The van der Waals surface area contributed by atoms with Gasteiger partial charge < -0.3 is 14.9 Å². The molecule has 170 valence electrons. The van der Waals surface area contributed by atoms with E-state index in [1.165, 1.54) is 0 Å². The molecule has 3 fully saturated rings. The molecule has 1 unspecified atom stereocenters. The second-order valence-corrected chi connectivity index (χ2v) is 11.7. The molecular weight excluding hydrogens is 448 g/mol. The summed E-state index contributed by atoms with van der Waals surface area (Å²) in [5.74, 6) is 3.19. The number of rotatable bonds is 4. The maximum absolute atomic E-state index is 12.6. The lowest BCUT2D eigenvalue weighted by Gasteiger charge is -2.53. The summed E-state index contributed by atoms with van der Waals surface area (Å²) >= 11 is 5.92. The van der Waals surface area contributed by atoms with E-state index < -0.39 is 10.8 Å². The quantitative estimate of drug-likeness (QED) is 0.722. The van der Waals surface area contributed by atoms with E-state index in [4.69, 9.17) is 16.6 Å². The summed E-state index contributed by atoms with van der Waals surface area (Å²) in [5.41, 5.74) is 0.0128. The molecule has 2 aromatic heterocycles. The second-order valence-electron chi connectivity index (χ2n) is 9.89. The standard InChI is InChI=1S/C22H27ClN6O2S/c23-16-8-24-18(25-9-16)15-2-6-21(7-3-15)11-28(12-21)20-26-10-17-19(27-20)29(14-32(17)31)22(13-30)4-1-5-22/h8-10,15,30H,1-7,11-14H2. The molecule has 2 aromatic rings. The maximum atomic E-state index is 12.6. The number of aliphatic hydroxyl groups is 1. The molecule has 1 atom stereocenters. The molecule has 32 heavy (non-hydrogen) atoms. The van der Waals surface area contributed by atoms with Crippen LogP contribution in [0.2, 0.25) is 5.02 Å². The van der Waals surface area contributed by atoms with Crippen molar-refractivity contribution < 1.29 is 9.32 Å². The Morgan fingerprint density at radius 3 is 2.44 bits per heavy atom.